The third-order valence-electron chi connectivity index (χ3n) is 2.25. The molecule has 0 fully saturated rings. The summed E-state index contributed by atoms with van der Waals surface area (Å²) in [6.07, 6.45) is 0. The lowest BCUT2D eigenvalue weighted by atomic mass is 10.2. The molecule has 1 aromatic heterocycles. The first-order chi connectivity index (χ1) is 8.50. The number of hydrogen-bond donors (Lipinski definition) is 1. The lowest BCUT2D eigenvalue weighted by Gasteiger charge is -1.96. The summed E-state index contributed by atoms with van der Waals surface area (Å²) in [5, 5.41) is 9.13. The molecule has 1 aromatic carbocycles. The van der Waals surface area contributed by atoms with Crippen LogP contribution in [0.5, 0.6) is 0 Å². The van der Waals surface area contributed by atoms with E-state index < -0.39 is 17.6 Å². The highest BCUT2D eigenvalue weighted by atomic mass is 32.1. The highest BCUT2D eigenvalue weighted by molar-refractivity contribution is 7.17. The zero-order valence-electron chi connectivity index (χ0n) is 9.31. The van der Waals surface area contributed by atoms with Gasteiger partial charge in [-0.3, -0.25) is 4.79 Å². The second kappa shape index (κ2) is 4.66. The Kier molecular flexibility index (Phi) is 3.20. The van der Waals surface area contributed by atoms with Gasteiger partial charge in [-0.15, -0.1) is 11.3 Å². The molecular formula is C12H8FNO3S. The van der Waals surface area contributed by atoms with Gasteiger partial charge in [-0.2, -0.15) is 0 Å². The second-order valence-corrected chi connectivity index (χ2v) is 4.54. The number of benzene rings is 1. The predicted octanol–water partition coefficient (Wildman–Crippen LogP) is 2.85. The third-order valence-corrected chi connectivity index (χ3v) is 3.44. The number of Topliss-reactive ketones (excluding diaryl/α,β-unsaturated/α-hetero) is 1. The van der Waals surface area contributed by atoms with Gasteiger partial charge in [-0.1, -0.05) is 12.1 Å². The quantitative estimate of drug-likeness (QED) is 0.866. The molecule has 0 aliphatic heterocycles. The molecule has 0 bridgehead atoms. The van der Waals surface area contributed by atoms with E-state index in [1.807, 2.05) is 0 Å². The van der Waals surface area contributed by atoms with Crippen molar-refractivity contribution >= 4 is 23.1 Å². The molecule has 2 rings (SSSR count). The number of carbonyl (C=O) groups is 2. The van der Waals surface area contributed by atoms with Crippen LogP contribution >= 0.6 is 11.3 Å². The van der Waals surface area contributed by atoms with Crippen molar-refractivity contribution < 1.29 is 19.1 Å². The maximum absolute atomic E-state index is 13.6. The highest BCUT2D eigenvalue weighted by Gasteiger charge is 2.22. The van der Waals surface area contributed by atoms with Crippen molar-refractivity contribution in [3.63, 3.8) is 0 Å². The first kappa shape index (κ1) is 12.4. The van der Waals surface area contributed by atoms with Gasteiger partial charge < -0.3 is 5.11 Å². The Labute approximate surface area is 106 Å². The van der Waals surface area contributed by atoms with Gasteiger partial charge in [0.15, 0.2) is 11.5 Å². The Morgan fingerprint density at radius 1 is 1.33 bits per heavy atom. The fraction of sp³-hybridized carbons (Fsp3) is 0.0833. The van der Waals surface area contributed by atoms with Crippen molar-refractivity contribution in [2.75, 3.05) is 0 Å². The molecule has 1 heterocycles. The molecule has 2 aromatic rings. The van der Waals surface area contributed by atoms with Gasteiger partial charge in [0.1, 0.15) is 15.7 Å². The number of halogens is 1. The van der Waals surface area contributed by atoms with Gasteiger partial charge in [0.25, 0.3) is 0 Å². The minimum absolute atomic E-state index is 0.0285. The Bertz CT molecular complexity index is 605. The molecule has 1 N–H and O–H groups in total. The van der Waals surface area contributed by atoms with E-state index in [1.54, 1.807) is 6.07 Å². The molecule has 0 saturated heterocycles. The number of nitrogens with zero attached hydrogens (tertiary/aromatic N) is 1. The molecule has 18 heavy (non-hydrogen) atoms. The van der Waals surface area contributed by atoms with Crippen LogP contribution in [0.1, 0.15) is 27.1 Å². The van der Waals surface area contributed by atoms with Gasteiger partial charge in [0.05, 0.1) is 0 Å². The molecule has 6 heteroatoms. The summed E-state index contributed by atoms with van der Waals surface area (Å²) in [7, 11) is 0. The van der Waals surface area contributed by atoms with Crippen LogP contribution < -0.4 is 0 Å². The average molecular weight is 265 g/mol. The summed E-state index contributed by atoms with van der Waals surface area (Å²) in [6, 6.07) is 5.89. The van der Waals surface area contributed by atoms with Crippen LogP contribution in [-0.2, 0) is 0 Å². The number of carboxylic acids is 1. The number of carboxylic acid groups (broad SMARTS) is 1. The first-order valence-corrected chi connectivity index (χ1v) is 5.82. The number of ketones is 1. The Balaban J connectivity index is 2.61. The zero-order valence-corrected chi connectivity index (χ0v) is 10.1. The van der Waals surface area contributed by atoms with Gasteiger partial charge in [0.2, 0.25) is 0 Å². The van der Waals surface area contributed by atoms with Crippen LogP contribution in [0.25, 0.3) is 10.6 Å². The number of aromatic carboxylic acids is 1. The smallest absolute Gasteiger partial charge is 0.356 e. The van der Waals surface area contributed by atoms with E-state index >= 15 is 0 Å². The summed E-state index contributed by atoms with van der Waals surface area (Å²) < 4.78 is 13.6. The van der Waals surface area contributed by atoms with Crippen molar-refractivity contribution in [1.82, 2.24) is 4.98 Å². The van der Waals surface area contributed by atoms with Crippen LogP contribution in [0.3, 0.4) is 0 Å². The van der Waals surface area contributed by atoms with Crippen LogP contribution in [0.2, 0.25) is 0 Å². The number of aromatic nitrogens is 1. The minimum Gasteiger partial charge on any atom is -0.476 e. The summed E-state index contributed by atoms with van der Waals surface area (Å²) in [5.41, 5.74) is -0.136. The SMILES string of the molecule is CC(=O)c1sc(-c2ccccc2F)nc1C(=O)O. The second-order valence-electron chi connectivity index (χ2n) is 3.54. The maximum atomic E-state index is 13.6. The van der Waals surface area contributed by atoms with Crippen LogP contribution in [-0.4, -0.2) is 21.8 Å². The minimum atomic E-state index is -1.29. The van der Waals surface area contributed by atoms with E-state index in [0.29, 0.717) is 0 Å². The highest BCUT2D eigenvalue weighted by Crippen LogP contribution is 2.30. The van der Waals surface area contributed by atoms with E-state index in [-0.39, 0.29) is 21.1 Å². The molecule has 0 amide bonds. The number of rotatable bonds is 3. The van der Waals surface area contributed by atoms with Gasteiger partial charge in [-0.25, -0.2) is 14.2 Å². The molecular weight excluding hydrogens is 257 g/mol. The van der Waals surface area contributed by atoms with E-state index in [1.165, 1.54) is 25.1 Å². The van der Waals surface area contributed by atoms with Crippen molar-refractivity contribution in [3.05, 3.63) is 40.7 Å². The molecule has 0 aliphatic rings. The van der Waals surface area contributed by atoms with Crippen molar-refractivity contribution in [1.29, 1.82) is 0 Å². The Morgan fingerprint density at radius 2 is 2.00 bits per heavy atom. The van der Waals surface area contributed by atoms with Crippen LogP contribution in [0.15, 0.2) is 24.3 Å². The van der Waals surface area contributed by atoms with Gasteiger partial charge in [0, 0.05) is 12.5 Å². The van der Waals surface area contributed by atoms with E-state index in [4.69, 9.17) is 5.11 Å². The number of thiazole rings is 1. The van der Waals surface area contributed by atoms with Crippen molar-refractivity contribution in [3.8, 4) is 10.6 Å². The molecule has 0 saturated carbocycles. The monoisotopic (exact) mass is 265 g/mol. The zero-order chi connectivity index (χ0) is 13.3. The summed E-state index contributed by atoms with van der Waals surface area (Å²) in [6.45, 7) is 1.26. The van der Waals surface area contributed by atoms with Crippen molar-refractivity contribution in [2.45, 2.75) is 6.92 Å². The van der Waals surface area contributed by atoms with E-state index in [0.717, 1.165) is 11.3 Å². The molecule has 92 valence electrons. The topological polar surface area (TPSA) is 67.3 Å². The van der Waals surface area contributed by atoms with E-state index in [9.17, 15) is 14.0 Å². The standard InChI is InChI=1S/C12H8FNO3S/c1-6(15)10-9(12(16)17)14-11(18-10)7-4-2-3-5-8(7)13/h2-5H,1H3,(H,16,17). The number of hydrogen-bond acceptors (Lipinski definition) is 4. The lowest BCUT2D eigenvalue weighted by Crippen LogP contribution is -2.03. The van der Waals surface area contributed by atoms with Gasteiger partial charge in [-0.05, 0) is 12.1 Å². The normalized spacial score (nSPS) is 10.3. The van der Waals surface area contributed by atoms with Gasteiger partial charge >= 0.3 is 5.97 Å². The predicted molar refractivity (Wildman–Crippen MR) is 64.5 cm³/mol. The molecule has 0 unspecified atom stereocenters. The third kappa shape index (κ3) is 2.14. The molecule has 0 aliphatic carbocycles. The maximum Gasteiger partial charge on any atom is 0.356 e. The fourth-order valence-corrected chi connectivity index (χ4v) is 2.43. The summed E-state index contributed by atoms with van der Waals surface area (Å²) >= 11 is 0.882. The van der Waals surface area contributed by atoms with Crippen LogP contribution in [0, 0.1) is 5.82 Å². The Morgan fingerprint density at radius 3 is 2.50 bits per heavy atom. The van der Waals surface area contributed by atoms with Crippen molar-refractivity contribution in [2.24, 2.45) is 0 Å². The lowest BCUT2D eigenvalue weighted by molar-refractivity contribution is 0.0687. The number of carbonyl (C=O) groups excluding carboxylic acids is 1. The van der Waals surface area contributed by atoms with Crippen LogP contribution in [0.4, 0.5) is 4.39 Å². The fourth-order valence-electron chi connectivity index (χ4n) is 1.45. The summed E-state index contributed by atoms with van der Waals surface area (Å²) in [5.74, 6) is -2.19. The molecule has 4 nitrogen and oxygen atoms in total. The first-order valence-electron chi connectivity index (χ1n) is 5.00. The average Bonchev–Trinajstić information content (AvgIpc) is 2.74. The van der Waals surface area contributed by atoms with E-state index in [2.05, 4.69) is 4.98 Å². The largest absolute Gasteiger partial charge is 0.476 e. The summed E-state index contributed by atoms with van der Waals surface area (Å²) in [4.78, 5) is 26.1. The molecule has 0 radical (unpaired) electrons. The molecule has 0 spiro atoms. The Hall–Kier alpha value is -2.08. The molecule has 0 atom stereocenters.